The molecule has 1 unspecified atom stereocenters. The lowest BCUT2D eigenvalue weighted by Crippen LogP contribution is -2.04. The second kappa shape index (κ2) is 3.57. The molecule has 0 aliphatic heterocycles. The lowest BCUT2D eigenvalue weighted by atomic mass is 10.2. The molecule has 1 aromatic rings. The maximum atomic E-state index is 10.8. The number of hydrogen-bond donors (Lipinski definition) is 0. The summed E-state index contributed by atoms with van der Waals surface area (Å²) in [6.07, 6.45) is 0. The highest BCUT2D eigenvalue weighted by Gasteiger charge is 2.06. The molecule has 0 saturated heterocycles. The molecule has 0 aliphatic rings. The second-order valence-corrected chi connectivity index (χ2v) is 3.39. The summed E-state index contributed by atoms with van der Waals surface area (Å²) >= 11 is 0. The third kappa shape index (κ3) is 1.97. The fourth-order valence-corrected chi connectivity index (χ4v) is 1.21. The largest absolute Gasteiger partial charge is 0.591 e. The van der Waals surface area contributed by atoms with Gasteiger partial charge in [0.2, 0.25) is 0 Å². The monoisotopic (exact) mass is 182 g/mol. The van der Waals surface area contributed by atoms with Crippen molar-refractivity contribution in [3.8, 4) is 0 Å². The minimum Gasteiger partial charge on any atom is -0.591 e. The summed E-state index contributed by atoms with van der Waals surface area (Å²) in [5.41, 5.74) is 0.524. The first kappa shape index (κ1) is 9.04. The van der Waals surface area contributed by atoms with Crippen molar-refractivity contribution in [3.05, 3.63) is 29.8 Å². The van der Waals surface area contributed by atoms with Crippen molar-refractivity contribution in [2.45, 2.75) is 6.92 Å². The van der Waals surface area contributed by atoms with Crippen LogP contribution in [-0.2, 0) is 4.57 Å². The zero-order chi connectivity index (χ0) is 9.14. The lowest BCUT2D eigenvalue weighted by molar-refractivity contribution is -0.160. The first-order valence-corrected chi connectivity index (χ1v) is 4.54. The minimum absolute atomic E-state index is 0.0670. The van der Waals surface area contributed by atoms with Gasteiger partial charge in [-0.1, -0.05) is 4.57 Å². The zero-order valence-corrected chi connectivity index (χ0v) is 7.38. The maximum absolute atomic E-state index is 10.8. The summed E-state index contributed by atoms with van der Waals surface area (Å²) in [5, 5.41) is 0.231. The molecule has 0 spiro atoms. The number of rotatable bonds is 2. The van der Waals surface area contributed by atoms with Gasteiger partial charge in [-0.15, -0.1) is 0 Å². The molecule has 62 valence electrons. The van der Waals surface area contributed by atoms with E-state index in [4.69, 9.17) is 0 Å². The first-order chi connectivity index (χ1) is 5.61. The molecule has 0 aromatic heterocycles. The van der Waals surface area contributed by atoms with Crippen molar-refractivity contribution in [2.24, 2.45) is 0 Å². The van der Waals surface area contributed by atoms with E-state index in [1.165, 1.54) is 31.2 Å². The number of hydrogen-bond acceptors (Lipinski definition) is 3. The summed E-state index contributed by atoms with van der Waals surface area (Å²) in [5.74, 6) is -0.0670. The van der Waals surface area contributed by atoms with Gasteiger partial charge in [-0.25, -0.2) is 0 Å². The summed E-state index contributed by atoms with van der Waals surface area (Å²) in [6.45, 7) is 1.44. The Balaban J connectivity index is 3.01. The van der Waals surface area contributed by atoms with E-state index < -0.39 is 8.03 Å². The lowest BCUT2D eigenvalue weighted by Gasteiger charge is -1.93. The molecule has 0 heterocycles. The average Bonchev–Trinajstić information content (AvgIpc) is 2.04. The number of carbonyl (C=O) groups is 1. The molecular weight excluding hydrogens is 175 g/mol. The van der Waals surface area contributed by atoms with Gasteiger partial charge in [0.15, 0.2) is 11.1 Å². The molecule has 0 fully saturated rings. The van der Waals surface area contributed by atoms with Crippen LogP contribution in [0.15, 0.2) is 24.3 Å². The van der Waals surface area contributed by atoms with E-state index in [1.807, 2.05) is 0 Å². The Bertz CT molecular complexity index is 283. The van der Waals surface area contributed by atoms with Crippen LogP contribution in [0.2, 0.25) is 0 Å². The molecule has 3 nitrogen and oxygen atoms in total. The standard InChI is InChI=1S/C8H7O3P/c1-6(9)7-2-4-8(5-3-7)12(10)11/h2-5H,1H3. The van der Waals surface area contributed by atoms with E-state index in [0.717, 1.165) is 0 Å². The van der Waals surface area contributed by atoms with Gasteiger partial charge in [-0.3, -0.25) is 4.79 Å². The third-order valence-electron chi connectivity index (χ3n) is 1.48. The van der Waals surface area contributed by atoms with Gasteiger partial charge in [0.1, 0.15) is 0 Å². The number of Topliss-reactive ketones (excluding diaryl/α,β-unsaturated/α-hetero) is 1. The topological polar surface area (TPSA) is 57.2 Å². The van der Waals surface area contributed by atoms with Crippen LogP contribution in [0.1, 0.15) is 17.3 Å². The van der Waals surface area contributed by atoms with Gasteiger partial charge in [0, 0.05) is 5.56 Å². The van der Waals surface area contributed by atoms with Crippen molar-refractivity contribution in [2.75, 3.05) is 0 Å². The quantitative estimate of drug-likeness (QED) is 0.497. The van der Waals surface area contributed by atoms with Crippen molar-refractivity contribution in [1.29, 1.82) is 0 Å². The number of carbonyl (C=O) groups excluding carboxylic acids is 1. The highest BCUT2D eigenvalue weighted by molar-refractivity contribution is 7.45. The van der Waals surface area contributed by atoms with Crippen LogP contribution in [0.4, 0.5) is 0 Å². The highest BCUT2D eigenvalue weighted by atomic mass is 31.1. The SMILES string of the molecule is CC(=O)c1ccc([P+](=O)[O-])cc1. The van der Waals surface area contributed by atoms with Gasteiger partial charge in [-0.2, -0.15) is 0 Å². The Morgan fingerprint density at radius 1 is 1.33 bits per heavy atom. The average molecular weight is 182 g/mol. The summed E-state index contributed by atoms with van der Waals surface area (Å²) in [7, 11) is -2.54. The van der Waals surface area contributed by atoms with Gasteiger partial charge < -0.3 is 4.89 Å². The Morgan fingerprint density at radius 2 is 1.83 bits per heavy atom. The number of ketones is 1. The predicted molar refractivity (Wildman–Crippen MR) is 43.7 cm³/mol. The van der Waals surface area contributed by atoms with Crippen LogP contribution < -0.4 is 10.2 Å². The summed E-state index contributed by atoms with van der Waals surface area (Å²) in [6, 6.07) is 5.84. The third-order valence-corrected chi connectivity index (χ3v) is 2.20. The van der Waals surface area contributed by atoms with Crippen LogP contribution in [0.5, 0.6) is 0 Å². The van der Waals surface area contributed by atoms with E-state index >= 15 is 0 Å². The van der Waals surface area contributed by atoms with Gasteiger partial charge in [-0.05, 0) is 31.2 Å². The van der Waals surface area contributed by atoms with Crippen molar-refractivity contribution in [3.63, 3.8) is 0 Å². The Kier molecular flexibility index (Phi) is 2.69. The van der Waals surface area contributed by atoms with Crippen LogP contribution in [0.25, 0.3) is 0 Å². The molecule has 12 heavy (non-hydrogen) atoms. The normalized spacial score (nSPS) is 11.0. The predicted octanol–water partition coefficient (Wildman–Crippen LogP) is 0.617. The van der Waals surface area contributed by atoms with Crippen LogP contribution in [-0.4, -0.2) is 5.78 Å². The van der Waals surface area contributed by atoms with E-state index in [2.05, 4.69) is 0 Å². The summed E-state index contributed by atoms with van der Waals surface area (Å²) in [4.78, 5) is 21.2. The molecule has 0 radical (unpaired) electrons. The fraction of sp³-hybridized carbons (Fsp3) is 0.125. The highest BCUT2D eigenvalue weighted by Crippen LogP contribution is 2.08. The van der Waals surface area contributed by atoms with E-state index in [9.17, 15) is 14.3 Å². The van der Waals surface area contributed by atoms with E-state index in [1.54, 1.807) is 0 Å². The van der Waals surface area contributed by atoms with Gasteiger partial charge >= 0.3 is 8.03 Å². The van der Waals surface area contributed by atoms with Crippen molar-refractivity contribution < 1.29 is 14.3 Å². The van der Waals surface area contributed by atoms with E-state index in [0.29, 0.717) is 5.56 Å². The molecule has 0 amide bonds. The van der Waals surface area contributed by atoms with Crippen LogP contribution >= 0.6 is 8.03 Å². The summed E-state index contributed by atoms with van der Waals surface area (Å²) < 4.78 is 10.4. The Hall–Kier alpha value is -1.05. The second-order valence-electron chi connectivity index (χ2n) is 2.36. The smallest absolute Gasteiger partial charge is 0.348 e. The van der Waals surface area contributed by atoms with Gasteiger partial charge in [0.05, 0.1) is 0 Å². The fourth-order valence-electron chi connectivity index (χ4n) is 0.818. The van der Waals surface area contributed by atoms with E-state index in [-0.39, 0.29) is 11.1 Å². The number of benzene rings is 1. The molecule has 1 aromatic carbocycles. The first-order valence-electron chi connectivity index (χ1n) is 3.36. The molecule has 0 bridgehead atoms. The molecule has 4 heteroatoms. The van der Waals surface area contributed by atoms with Crippen LogP contribution in [0, 0.1) is 0 Å². The molecule has 1 atom stereocenters. The Labute approximate surface area is 70.9 Å². The van der Waals surface area contributed by atoms with Crippen molar-refractivity contribution in [1.82, 2.24) is 0 Å². The Morgan fingerprint density at radius 3 is 2.17 bits per heavy atom. The van der Waals surface area contributed by atoms with Crippen molar-refractivity contribution >= 4 is 19.1 Å². The maximum Gasteiger partial charge on any atom is 0.348 e. The van der Waals surface area contributed by atoms with Gasteiger partial charge in [0.25, 0.3) is 0 Å². The molecular formula is C8H7O3P. The van der Waals surface area contributed by atoms with Crippen LogP contribution in [0.3, 0.4) is 0 Å². The molecule has 1 rings (SSSR count). The minimum atomic E-state index is -2.54. The molecule has 0 N–H and O–H groups in total. The molecule has 0 aliphatic carbocycles. The molecule has 0 saturated carbocycles. The zero-order valence-electron chi connectivity index (χ0n) is 6.48.